The van der Waals surface area contributed by atoms with Crippen LogP contribution >= 0.6 is 11.3 Å². The van der Waals surface area contributed by atoms with Crippen LogP contribution in [0.4, 0.5) is 10.1 Å². The van der Waals surface area contributed by atoms with Crippen molar-refractivity contribution in [3.05, 3.63) is 51.9 Å². The molecule has 0 spiro atoms. The first-order valence-electron chi connectivity index (χ1n) is 8.00. The zero-order chi connectivity index (χ0) is 19.2. The molecule has 0 fully saturated rings. The maximum Gasteiger partial charge on any atom is 0.263 e. The Morgan fingerprint density at radius 3 is 2.42 bits per heavy atom. The van der Waals surface area contributed by atoms with Gasteiger partial charge in [0, 0.05) is 17.6 Å². The lowest BCUT2D eigenvalue weighted by Crippen LogP contribution is -2.14. The summed E-state index contributed by atoms with van der Waals surface area (Å²) in [5.74, 6) is -0.405. The highest BCUT2D eigenvalue weighted by atomic mass is 32.2. The summed E-state index contributed by atoms with van der Waals surface area (Å²) in [5.41, 5.74) is 3.18. The van der Waals surface area contributed by atoms with Crippen molar-refractivity contribution in [2.45, 2.75) is 32.6 Å². The summed E-state index contributed by atoms with van der Waals surface area (Å²) < 4.78 is 43.4. The minimum absolute atomic E-state index is 0.184. The lowest BCUT2D eigenvalue weighted by atomic mass is 10.2. The van der Waals surface area contributed by atoms with Crippen LogP contribution in [-0.4, -0.2) is 18.0 Å². The van der Waals surface area contributed by atoms with E-state index in [2.05, 4.69) is 9.71 Å². The van der Waals surface area contributed by atoms with Gasteiger partial charge in [-0.3, -0.25) is 4.72 Å². The zero-order valence-electron chi connectivity index (χ0n) is 15.2. The van der Waals surface area contributed by atoms with E-state index in [9.17, 15) is 12.8 Å². The number of aryl methyl sites for hydroxylation is 3. The highest BCUT2D eigenvalue weighted by Gasteiger charge is 2.24. The number of nitrogens with zero attached hydrogens (tertiary/aromatic N) is 2. The first kappa shape index (κ1) is 18.6. The van der Waals surface area contributed by atoms with Crippen LogP contribution in [0.2, 0.25) is 0 Å². The number of hydrogen-bond acceptors (Lipinski definition) is 4. The van der Waals surface area contributed by atoms with Gasteiger partial charge in [-0.1, -0.05) is 0 Å². The van der Waals surface area contributed by atoms with Crippen LogP contribution in [0.5, 0.6) is 0 Å². The molecule has 3 rings (SSSR count). The lowest BCUT2D eigenvalue weighted by Gasteiger charge is -2.10. The summed E-state index contributed by atoms with van der Waals surface area (Å²) in [6, 6.07) is 5.58. The minimum Gasteiger partial charge on any atom is -0.345 e. The topological polar surface area (TPSA) is 64.0 Å². The van der Waals surface area contributed by atoms with Gasteiger partial charge in [-0.05, 0) is 57.5 Å². The van der Waals surface area contributed by atoms with Gasteiger partial charge in [0.1, 0.15) is 15.7 Å². The predicted octanol–water partition coefficient (Wildman–Crippen LogP) is 4.32. The van der Waals surface area contributed by atoms with Crippen LogP contribution in [-0.2, 0) is 17.1 Å². The molecular weight excluding hydrogens is 373 g/mol. The van der Waals surface area contributed by atoms with Crippen molar-refractivity contribution in [3.8, 4) is 10.7 Å². The van der Waals surface area contributed by atoms with Crippen LogP contribution in [0.15, 0.2) is 29.2 Å². The molecule has 1 aromatic carbocycles. The standard InChI is InChI=1S/C18H20FN3O2S2/c1-10-8-14(19)6-7-15(10)21-26(23,24)17-9-16(22(5)12(17)3)18-20-11(2)13(4)25-18/h6-9,21H,1-5H3. The van der Waals surface area contributed by atoms with E-state index in [1.54, 1.807) is 19.9 Å². The molecule has 1 N–H and O–H groups in total. The van der Waals surface area contributed by atoms with Crippen LogP contribution in [0.1, 0.15) is 21.8 Å². The number of aromatic nitrogens is 2. The molecule has 0 amide bonds. The first-order chi connectivity index (χ1) is 12.1. The van der Waals surface area contributed by atoms with Gasteiger partial charge in [0.25, 0.3) is 10.0 Å². The van der Waals surface area contributed by atoms with Gasteiger partial charge in [-0.15, -0.1) is 11.3 Å². The Kier molecular flexibility index (Phi) is 4.66. The highest BCUT2D eigenvalue weighted by molar-refractivity contribution is 7.92. The second-order valence-corrected chi connectivity index (χ2v) is 9.12. The molecule has 3 aromatic rings. The Labute approximate surface area is 156 Å². The molecule has 8 heteroatoms. The van der Waals surface area contributed by atoms with Crippen molar-refractivity contribution in [1.29, 1.82) is 0 Å². The van der Waals surface area contributed by atoms with Crippen molar-refractivity contribution in [3.63, 3.8) is 0 Å². The van der Waals surface area contributed by atoms with Crippen molar-refractivity contribution in [2.24, 2.45) is 7.05 Å². The van der Waals surface area contributed by atoms with E-state index in [0.717, 1.165) is 21.3 Å². The van der Waals surface area contributed by atoms with Crippen LogP contribution < -0.4 is 4.72 Å². The summed E-state index contributed by atoms with van der Waals surface area (Å²) >= 11 is 1.53. The largest absolute Gasteiger partial charge is 0.345 e. The number of hydrogen-bond donors (Lipinski definition) is 1. The molecule has 0 aliphatic carbocycles. The molecule has 5 nitrogen and oxygen atoms in total. The molecule has 2 heterocycles. The van der Waals surface area contributed by atoms with Gasteiger partial charge in [0.05, 0.1) is 17.1 Å². The molecule has 0 radical (unpaired) electrons. The monoisotopic (exact) mass is 393 g/mol. The maximum atomic E-state index is 13.3. The SMILES string of the molecule is Cc1cc(F)ccc1NS(=O)(=O)c1cc(-c2nc(C)c(C)s2)n(C)c1C. The fourth-order valence-electron chi connectivity index (χ4n) is 2.67. The van der Waals surface area contributed by atoms with Gasteiger partial charge >= 0.3 is 0 Å². The quantitative estimate of drug-likeness (QED) is 0.718. The maximum absolute atomic E-state index is 13.3. The van der Waals surface area contributed by atoms with Crippen molar-refractivity contribution >= 4 is 27.0 Å². The third kappa shape index (κ3) is 3.26. The lowest BCUT2D eigenvalue weighted by molar-refractivity contribution is 0.600. The number of halogens is 1. The minimum atomic E-state index is -3.81. The van der Waals surface area contributed by atoms with Crippen LogP contribution in [0.3, 0.4) is 0 Å². The van der Waals surface area contributed by atoms with Crippen molar-refractivity contribution in [2.75, 3.05) is 4.72 Å². The number of thiazole rings is 1. The molecular formula is C18H20FN3O2S2. The molecule has 0 saturated heterocycles. The highest BCUT2D eigenvalue weighted by Crippen LogP contribution is 2.32. The Hall–Kier alpha value is -2.19. The first-order valence-corrected chi connectivity index (χ1v) is 10.3. The summed E-state index contributed by atoms with van der Waals surface area (Å²) in [4.78, 5) is 5.81. The average Bonchev–Trinajstić information content (AvgIpc) is 3.03. The van der Waals surface area contributed by atoms with E-state index in [1.165, 1.54) is 29.5 Å². The molecule has 0 aliphatic rings. The smallest absolute Gasteiger partial charge is 0.263 e. The average molecular weight is 394 g/mol. The van der Waals surface area contributed by atoms with Crippen molar-refractivity contribution < 1.29 is 12.8 Å². The molecule has 0 unspecified atom stereocenters. The zero-order valence-corrected chi connectivity index (χ0v) is 16.8. The second-order valence-electron chi connectivity index (χ2n) is 6.26. The fourth-order valence-corrected chi connectivity index (χ4v) is 5.06. The molecule has 0 atom stereocenters. The normalized spacial score (nSPS) is 11.8. The number of nitrogens with one attached hydrogen (secondary N) is 1. The van der Waals surface area contributed by atoms with E-state index in [-0.39, 0.29) is 4.90 Å². The molecule has 2 aromatic heterocycles. The molecule has 0 saturated carbocycles. The van der Waals surface area contributed by atoms with E-state index in [4.69, 9.17) is 0 Å². The Bertz CT molecular complexity index is 1080. The van der Waals surface area contributed by atoms with Crippen LogP contribution in [0.25, 0.3) is 10.7 Å². The van der Waals surface area contributed by atoms with E-state index in [0.29, 0.717) is 16.9 Å². The number of benzene rings is 1. The van der Waals surface area contributed by atoms with E-state index in [1.807, 2.05) is 25.5 Å². The molecule has 26 heavy (non-hydrogen) atoms. The number of anilines is 1. The van der Waals surface area contributed by atoms with Gasteiger partial charge in [0.2, 0.25) is 0 Å². The second kappa shape index (κ2) is 6.51. The van der Waals surface area contributed by atoms with E-state index >= 15 is 0 Å². The summed E-state index contributed by atoms with van der Waals surface area (Å²) in [7, 11) is -1.99. The van der Waals surface area contributed by atoms with Gasteiger partial charge < -0.3 is 4.57 Å². The number of rotatable bonds is 4. The van der Waals surface area contributed by atoms with Gasteiger partial charge in [0.15, 0.2) is 0 Å². The summed E-state index contributed by atoms with van der Waals surface area (Å²) in [5, 5.41) is 0.782. The molecule has 0 aliphatic heterocycles. The molecule has 138 valence electrons. The fraction of sp³-hybridized carbons (Fsp3) is 0.278. The summed E-state index contributed by atoms with van der Waals surface area (Å²) in [6.45, 7) is 7.33. The number of sulfonamides is 1. The van der Waals surface area contributed by atoms with Crippen molar-refractivity contribution in [1.82, 2.24) is 9.55 Å². The van der Waals surface area contributed by atoms with E-state index < -0.39 is 15.8 Å². The Balaban J connectivity index is 2.04. The van der Waals surface area contributed by atoms with Gasteiger partial charge in [-0.25, -0.2) is 17.8 Å². The van der Waals surface area contributed by atoms with Crippen LogP contribution in [0, 0.1) is 33.5 Å². The predicted molar refractivity (Wildman–Crippen MR) is 103 cm³/mol. The summed E-state index contributed by atoms with van der Waals surface area (Å²) in [6.07, 6.45) is 0. The third-order valence-corrected chi connectivity index (χ3v) is 7.04. The Morgan fingerprint density at radius 2 is 1.85 bits per heavy atom. The van der Waals surface area contributed by atoms with Gasteiger partial charge in [-0.2, -0.15) is 0 Å². The third-order valence-electron chi connectivity index (χ3n) is 4.46. The molecule has 0 bridgehead atoms. The Morgan fingerprint density at radius 1 is 1.15 bits per heavy atom.